The molecule has 23 heavy (non-hydrogen) atoms. The van der Waals surface area contributed by atoms with E-state index in [4.69, 9.17) is 5.73 Å². The van der Waals surface area contributed by atoms with Crippen molar-refractivity contribution in [2.24, 2.45) is 17.6 Å². The van der Waals surface area contributed by atoms with Gasteiger partial charge in [-0.15, -0.1) is 0 Å². The van der Waals surface area contributed by atoms with E-state index in [-0.39, 0.29) is 23.8 Å². The first kappa shape index (κ1) is 16.3. The lowest BCUT2D eigenvalue weighted by molar-refractivity contribution is -0.137. The van der Waals surface area contributed by atoms with Gasteiger partial charge in [0, 0.05) is 12.0 Å². The maximum Gasteiger partial charge on any atom is 0.416 e. The number of alkyl halides is 3. The Morgan fingerprint density at radius 3 is 2.78 bits per heavy atom. The van der Waals surface area contributed by atoms with Crippen molar-refractivity contribution in [3.63, 3.8) is 0 Å². The zero-order valence-electron chi connectivity index (χ0n) is 12.8. The lowest BCUT2D eigenvalue weighted by Crippen LogP contribution is -2.40. The van der Waals surface area contributed by atoms with Crippen molar-refractivity contribution in [1.82, 2.24) is 5.32 Å². The van der Waals surface area contributed by atoms with Crippen LogP contribution in [0.1, 0.15) is 42.7 Å². The average Bonchev–Trinajstić information content (AvgIpc) is 3.20. The van der Waals surface area contributed by atoms with Crippen molar-refractivity contribution >= 4 is 5.91 Å². The Labute approximate surface area is 133 Å². The van der Waals surface area contributed by atoms with Crippen LogP contribution in [-0.2, 0) is 11.0 Å². The zero-order valence-corrected chi connectivity index (χ0v) is 12.8. The van der Waals surface area contributed by atoms with Crippen molar-refractivity contribution < 1.29 is 18.0 Å². The number of rotatable bonds is 4. The minimum atomic E-state index is -4.35. The number of hydrogen-bond donors (Lipinski definition) is 2. The maximum absolute atomic E-state index is 12.8. The fourth-order valence-electron chi connectivity index (χ4n) is 3.60. The van der Waals surface area contributed by atoms with Crippen molar-refractivity contribution in [3.8, 4) is 0 Å². The summed E-state index contributed by atoms with van der Waals surface area (Å²) in [6.07, 6.45) is -0.694. The summed E-state index contributed by atoms with van der Waals surface area (Å²) in [5, 5.41) is 3.05. The van der Waals surface area contributed by atoms with Crippen molar-refractivity contribution in [1.29, 1.82) is 0 Å². The first-order valence-corrected chi connectivity index (χ1v) is 8.07. The third-order valence-corrected chi connectivity index (χ3v) is 5.06. The highest BCUT2D eigenvalue weighted by Gasteiger charge is 2.45. The number of benzene rings is 1. The minimum absolute atomic E-state index is 0.0437. The number of hydrogen-bond acceptors (Lipinski definition) is 2. The molecule has 1 aromatic rings. The number of nitrogens with one attached hydrogen (secondary N) is 1. The quantitative estimate of drug-likeness (QED) is 0.893. The number of carbonyl (C=O) groups is 1. The van der Waals surface area contributed by atoms with Crippen LogP contribution in [0.15, 0.2) is 24.3 Å². The van der Waals surface area contributed by atoms with Gasteiger partial charge in [0.15, 0.2) is 0 Å². The van der Waals surface area contributed by atoms with Crippen LogP contribution in [0.25, 0.3) is 0 Å². The molecule has 0 radical (unpaired) electrons. The highest BCUT2D eigenvalue weighted by Crippen LogP contribution is 2.48. The summed E-state index contributed by atoms with van der Waals surface area (Å²) in [5.74, 6) is -0.0324. The fraction of sp³-hybridized carbons (Fsp3) is 0.588. The molecule has 0 saturated heterocycles. The van der Waals surface area contributed by atoms with Gasteiger partial charge in [-0.25, -0.2) is 0 Å². The van der Waals surface area contributed by atoms with Gasteiger partial charge in [0.25, 0.3) is 0 Å². The Bertz CT molecular complexity index is 587. The fourth-order valence-corrected chi connectivity index (χ4v) is 3.60. The standard InChI is InChI=1S/C17H21F3N2O/c18-17(19,20)12-5-1-3-10(7-12)13-8-14(13)16(23)22-15-6-2-4-11(15)9-21/h1,3,5,7,11,13-15H,2,4,6,8-9,21H2,(H,22,23). The molecule has 2 aliphatic rings. The second-order valence-corrected chi connectivity index (χ2v) is 6.61. The van der Waals surface area contributed by atoms with Crippen LogP contribution in [-0.4, -0.2) is 18.5 Å². The topological polar surface area (TPSA) is 55.1 Å². The molecule has 0 aromatic heterocycles. The molecule has 6 heteroatoms. The zero-order chi connectivity index (χ0) is 16.6. The molecule has 0 bridgehead atoms. The van der Waals surface area contributed by atoms with Crippen molar-refractivity contribution in [3.05, 3.63) is 35.4 Å². The molecule has 0 heterocycles. The van der Waals surface area contributed by atoms with Crippen LogP contribution < -0.4 is 11.1 Å². The van der Waals surface area contributed by atoms with Gasteiger partial charge in [0.05, 0.1) is 5.56 Å². The molecule has 2 aliphatic carbocycles. The third-order valence-electron chi connectivity index (χ3n) is 5.06. The maximum atomic E-state index is 12.8. The van der Waals surface area contributed by atoms with Gasteiger partial charge in [-0.1, -0.05) is 24.6 Å². The third kappa shape index (κ3) is 3.52. The van der Waals surface area contributed by atoms with E-state index in [1.165, 1.54) is 6.07 Å². The summed E-state index contributed by atoms with van der Waals surface area (Å²) < 4.78 is 38.3. The molecular weight excluding hydrogens is 305 g/mol. The second kappa shape index (κ2) is 6.15. The minimum Gasteiger partial charge on any atom is -0.353 e. The first-order valence-electron chi connectivity index (χ1n) is 8.07. The van der Waals surface area contributed by atoms with Crippen LogP contribution in [0.2, 0.25) is 0 Å². The normalized spacial score (nSPS) is 30.3. The molecule has 3 N–H and O–H groups in total. The van der Waals surface area contributed by atoms with Gasteiger partial charge in [0.1, 0.15) is 0 Å². The van der Waals surface area contributed by atoms with Gasteiger partial charge in [-0.3, -0.25) is 4.79 Å². The first-order chi connectivity index (χ1) is 10.9. The highest BCUT2D eigenvalue weighted by molar-refractivity contribution is 5.83. The molecule has 3 rings (SSSR count). The molecule has 126 valence electrons. The SMILES string of the molecule is NCC1CCCC1NC(=O)C1CC1c1cccc(C(F)(F)F)c1. The summed E-state index contributed by atoms with van der Waals surface area (Å²) in [4.78, 5) is 12.3. The lowest BCUT2D eigenvalue weighted by atomic mass is 10.0. The Balaban J connectivity index is 1.62. The molecule has 0 spiro atoms. The molecule has 0 aliphatic heterocycles. The molecular formula is C17H21F3N2O. The Morgan fingerprint density at radius 2 is 2.09 bits per heavy atom. The van der Waals surface area contributed by atoms with E-state index in [0.717, 1.165) is 31.4 Å². The van der Waals surface area contributed by atoms with E-state index in [1.807, 2.05) is 0 Å². The molecule has 4 unspecified atom stereocenters. The largest absolute Gasteiger partial charge is 0.416 e. The van der Waals surface area contributed by atoms with Crippen LogP contribution in [0.5, 0.6) is 0 Å². The number of amides is 1. The van der Waals surface area contributed by atoms with Gasteiger partial charge in [0.2, 0.25) is 5.91 Å². The summed E-state index contributed by atoms with van der Waals surface area (Å²) >= 11 is 0. The number of nitrogens with two attached hydrogens (primary N) is 1. The van der Waals surface area contributed by atoms with E-state index in [9.17, 15) is 18.0 Å². The van der Waals surface area contributed by atoms with Gasteiger partial charge >= 0.3 is 6.18 Å². The van der Waals surface area contributed by atoms with Gasteiger partial charge < -0.3 is 11.1 Å². The van der Waals surface area contributed by atoms with Crippen LogP contribution in [0, 0.1) is 11.8 Å². The average molecular weight is 326 g/mol. The van der Waals surface area contributed by atoms with E-state index in [1.54, 1.807) is 6.07 Å². The molecule has 2 fully saturated rings. The van der Waals surface area contributed by atoms with E-state index in [2.05, 4.69) is 5.32 Å². The Morgan fingerprint density at radius 1 is 1.30 bits per heavy atom. The summed E-state index contributed by atoms with van der Waals surface area (Å²) in [5.41, 5.74) is 5.66. The van der Waals surface area contributed by atoms with Crippen molar-refractivity contribution in [2.45, 2.75) is 43.8 Å². The van der Waals surface area contributed by atoms with E-state index < -0.39 is 11.7 Å². The summed E-state index contributed by atoms with van der Waals surface area (Å²) in [6.45, 7) is 0.562. The molecule has 3 nitrogen and oxygen atoms in total. The summed E-state index contributed by atoms with van der Waals surface area (Å²) in [7, 11) is 0. The van der Waals surface area contributed by atoms with Gasteiger partial charge in [-0.05, 0) is 49.3 Å². The summed E-state index contributed by atoms with van der Waals surface area (Å²) in [6, 6.07) is 5.43. The number of halogens is 3. The smallest absolute Gasteiger partial charge is 0.353 e. The van der Waals surface area contributed by atoms with Gasteiger partial charge in [-0.2, -0.15) is 13.2 Å². The predicted octanol–water partition coefficient (Wildman–Crippen LogP) is 3.05. The Kier molecular flexibility index (Phi) is 4.36. The Hall–Kier alpha value is -1.56. The predicted molar refractivity (Wildman–Crippen MR) is 80.6 cm³/mol. The lowest BCUT2D eigenvalue weighted by Gasteiger charge is -2.19. The molecule has 2 saturated carbocycles. The molecule has 1 aromatic carbocycles. The van der Waals surface area contributed by atoms with Crippen LogP contribution >= 0.6 is 0 Å². The highest BCUT2D eigenvalue weighted by atomic mass is 19.4. The van der Waals surface area contributed by atoms with E-state index in [0.29, 0.717) is 24.4 Å². The monoisotopic (exact) mass is 326 g/mol. The van der Waals surface area contributed by atoms with Crippen LogP contribution in [0.4, 0.5) is 13.2 Å². The van der Waals surface area contributed by atoms with Crippen LogP contribution in [0.3, 0.4) is 0 Å². The van der Waals surface area contributed by atoms with E-state index >= 15 is 0 Å². The van der Waals surface area contributed by atoms with Crippen molar-refractivity contribution in [2.75, 3.05) is 6.54 Å². The molecule has 1 amide bonds. The molecule has 4 atom stereocenters. The second-order valence-electron chi connectivity index (χ2n) is 6.61. The number of carbonyl (C=O) groups excluding carboxylic acids is 1.